The summed E-state index contributed by atoms with van der Waals surface area (Å²) in [6, 6.07) is 2.16. The Morgan fingerprint density at radius 1 is 1.33 bits per heavy atom. The molecule has 0 spiro atoms. The molecule has 0 radical (unpaired) electrons. The molecule has 2 rings (SSSR count). The number of hydrogen-bond donors (Lipinski definition) is 1. The number of furan rings is 1. The van der Waals surface area contributed by atoms with Gasteiger partial charge >= 0.3 is 0 Å². The van der Waals surface area contributed by atoms with Gasteiger partial charge in [-0.15, -0.1) is 0 Å². The molecule has 0 amide bonds. The summed E-state index contributed by atoms with van der Waals surface area (Å²) in [6.07, 6.45) is 10.4. The molecule has 1 aromatic rings. The van der Waals surface area contributed by atoms with Gasteiger partial charge in [0.15, 0.2) is 0 Å². The summed E-state index contributed by atoms with van der Waals surface area (Å²) < 4.78 is 5.29. The molecule has 1 aromatic heterocycles. The quantitative estimate of drug-likeness (QED) is 0.765. The summed E-state index contributed by atoms with van der Waals surface area (Å²) in [5.74, 6) is 2.40. The van der Waals surface area contributed by atoms with Crippen molar-refractivity contribution < 1.29 is 4.42 Å². The van der Waals surface area contributed by atoms with E-state index < -0.39 is 0 Å². The van der Waals surface area contributed by atoms with Crippen molar-refractivity contribution in [2.75, 3.05) is 13.1 Å². The van der Waals surface area contributed by atoms with Crippen molar-refractivity contribution in [1.82, 2.24) is 5.32 Å². The van der Waals surface area contributed by atoms with Gasteiger partial charge in [-0.25, -0.2) is 0 Å². The smallest absolute Gasteiger partial charge is 0.0937 e. The Kier molecular flexibility index (Phi) is 5.30. The molecule has 0 saturated heterocycles. The van der Waals surface area contributed by atoms with Crippen LogP contribution in [0.3, 0.4) is 0 Å². The van der Waals surface area contributed by atoms with Gasteiger partial charge in [-0.1, -0.05) is 26.7 Å². The first kappa shape index (κ1) is 13.7. The monoisotopic (exact) mass is 249 g/mol. The highest BCUT2D eigenvalue weighted by Gasteiger charge is 2.31. The number of hydrogen-bond acceptors (Lipinski definition) is 2. The minimum atomic E-state index is 0.701. The van der Waals surface area contributed by atoms with Crippen LogP contribution >= 0.6 is 0 Å². The molecule has 1 aliphatic rings. The average Bonchev–Trinajstić information content (AvgIpc) is 2.93. The molecule has 2 heteroatoms. The van der Waals surface area contributed by atoms with E-state index >= 15 is 0 Å². The van der Waals surface area contributed by atoms with Gasteiger partial charge in [-0.2, -0.15) is 0 Å². The topological polar surface area (TPSA) is 25.2 Å². The molecule has 1 aliphatic carbocycles. The normalized spacial score (nSPS) is 28.4. The highest BCUT2D eigenvalue weighted by atomic mass is 16.3. The van der Waals surface area contributed by atoms with Gasteiger partial charge in [0.05, 0.1) is 12.5 Å². The van der Waals surface area contributed by atoms with Crippen LogP contribution in [0, 0.1) is 11.8 Å². The molecule has 18 heavy (non-hydrogen) atoms. The summed E-state index contributed by atoms with van der Waals surface area (Å²) in [5, 5.41) is 3.60. The van der Waals surface area contributed by atoms with Crippen molar-refractivity contribution in [3.8, 4) is 0 Å². The van der Waals surface area contributed by atoms with E-state index in [1.165, 1.54) is 44.2 Å². The summed E-state index contributed by atoms with van der Waals surface area (Å²) in [6.45, 7) is 6.87. The van der Waals surface area contributed by atoms with Gasteiger partial charge in [-0.05, 0) is 61.7 Å². The van der Waals surface area contributed by atoms with Crippen LogP contribution in [0.25, 0.3) is 0 Å². The Bertz CT molecular complexity index is 318. The van der Waals surface area contributed by atoms with Gasteiger partial charge in [0, 0.05) is 0 Å². The van der Waals surface area contributed by atoms with Gasteiger partial charge in [0.25, 0.3) is 0 Å². The maximum absolute atomic E-state index is 5.29. The summed E-state index contributed by atoms with van der Waals surface area (Å²) in [4.78, 5) is 0. The predicted molar refractivity (Wildman–Crippen MR) is 75.7 cm³/mol. The van der Waals surface area contributed by atoms with E-state index in [0.29, 0.717) is 5.92 Å². The molecule has 2 nitrogen and oxygen atoms in total. The van der Waals surface area contributed by atoms with Crippen LogP contribution in [-0.4, -0.2) is 13.1 Å². The highest BCUT2D eigenvalue weighted by molar-refractivity contribution is 5.15. The van der Waals surface area contributed by atoms with Crippen molar-refractivity contribution in [3.63, 3.8) is 0 Å². The Labute approximate surface area is 111 Å². The molecule has 0 aromatic carbocycles. The van der Waals surface area contributed by atoms with Gasteiger partial charge < -0.3 is 9.73 Å². The standard InChI is InChI=1S/C16H27NO/c1-3-8-17-11-14-6-5-13(4-2)10-16(14)15-7-9-18-12-15/h7,9,12-14,16-17H,3-6,8,10-11H2,1-2H3. The van der Waals surface area contributed by atoms with E-state index in [4.69, 9.17) is 4.42 Å². The Morgan fingerprint density at radius 3 is 2.89 bits per heavy atom. The zero-order chi connectivity index (χ0) is 12.8. The van der Waals surface area contributed by atoms with Gasteiger partial charge in [0.2, 0.25) is 0 Å². The van der Waals surface area contributed by atoms with Crippen LogP contribution in [0.2, 0.25) is 0 Å². The van der Waals surface area contributed by atoms with Crippen molar-refractivity contribution in [1.29, 1.82) is 0 Å². The molecule has 1 saturated carbocycles. The lowest BCUT2D eigenvalue weighted by Crippen LogP contribution is -2.32. The molecular weight excluding hydrogens is 222 g/mol. The van der Waals surface area contributed by atoms with E-state index in [2.05, 4.69) is 25.2 Å². The molecule has 102 valence electrons. The van der Waals surface area contributed by atoms with Crippen molar-refractivity contribution >= 4 is 0 Å². The Hall–Kier alpha value is -0.760. The zero-order valence-electron chi connectivity index (χ0n) is 11.8. The van der Waals surface area contributed by atoms with Crippen LogP contribution in [0.5, 0.6) is 0 Å². The highest BCUT2D eigenvalue weighted by Crippen LogP contribution is 2.41. The average molecular weight is 249 g/mol. The summed E-state index contributed by atoms with van der Waals surface area (Å²) >= 11 is 0. The fraction of sp³-hybridized carbons (Fsp3) is 0.750. The fourth-order valence-corrected chi connectivity index (χ4v) is 3.29. The second kappa shape index (κ2) is 6.98. The first-order valence-corrected chi connectivity index (χ1v) is 7.57. The lowest BCUT2D eigenvalue weighted by Gasteiger charge is -2.35. The van der Waals surface area contributed by atoms with Crippen molar-refractivity contribution in [2.45, 2.75) is 51.9 Å². The first-order chi connectivity index (χ1) is 8.85. The fourth-order valence-electron chi connectivity index (χ4n) is 3.29. The summed E-state index contributed by atoms with van der Waals surface area (Å²) in [5.41, 5.74) is 1.41. The van der Waals surface area contributed by atoms with Crippen LogP contribution in [-0.2, 0) is 0 Å². The van der Waals surface area contributed by atoms with Gasteiger partial charge in [-0.3, -0.25) is 0 Å². The molecule has 3 unspecified atom stereocenters. The number of nitrogens with one attached hydrogen (secondary N) is 1. The minimum absolute atomic E-state index is 0.701. The third kappa shape index (κ3) is 3.38. The lowest BCUT2D eigenvalue weighted by molar-refractivity contribution is 0.225. The molecule has 0 bridgehead atoms. The second-order valence-electron chi connectivity index (χ2n) is 5.71. The van der Waals surface area contributed by atoms with Crippen LogP contribution in [0.1, 0.15) is 57.4 Å². The molecule has 1 N–H and O–H groups in total. The molecule has 0 aliphatic heterocycles. The minimum Gasteiger partial charge on any atom is -0.472 e. The Morgan fingerprint density at radius 2 is 2.22 bits per heavy atom. The van der Waals surface area contributed by atoms with E-state index in [9.17, 15) is 0 Å². The molecule has 3 atom stereocenters. The molecule has 1 heterocycles. The Balaban J connectivity index is 1.98. The maximum Gasteiger partial charge on any atom is 0.0937 e. The second-order valence-corrected chi connectivity index (χ2v) is 5.71. The third-order valence-corrected chi connectivity index (χ3v) is 4.48. The van der Waals surface area contributed by atoms with E-state index in [0.717, 1.165) is 18.4 Å². The molecular formula is C16H27NO. The van der Waals surface area contributed by atoms with Crippen LogP contribution in [0.15, 0.2) is 23.0 Å². The largest absolute Gasteiger partial charge is 0.472 e. The predicted octanol–water partition coefficient (Wildman–Crippen LogP) is 4.19. The van der Waals surface area contributed by atoms with Gasteiger partial charge in [0.1, 0.15) is 0 Å². The molecule has 1 fully saturated rings. The lowest BCUT2D eigenvalue weighted by atomic mass is 9.71. The summed E-state index contributed by atoms with van der Waals surface area (Å²) in [7, 11) is 0. The maximum atomic E-state index is 5.29. The van der Waals surface area contributed by atoms with Crippen molar-refractivity contribution in [2.24, 2.45) is 11.8 Å². The van der Waals surface area contributed by atoms with Crippen LogP contribution in [0.4, 0.5) is 0 Å². The van der Waals surface area contributed by atoms with E-state index in [1.54, 1.807) is 0 Å². The first-order valence-electron chi connectivity index (χ1n) is 7.57. The van der Waals surface area contributed by atoms with E-state index in [-0.39, 0.29) is 0 Å². The number of rotatable bonds is 6. The van der Waals surface area contributed by atoms with Crippen molar-refractivity contribution in [3.05, 3.63) is 24.2 Å². The van der Waals surface area contributed by atoms with E-state index in [1.807, 2.05) is 12.5 Å². The third-order valence-electron chi connectivity index (χ3n) is 4.48. The van der Waals surface area contributed by atoms with Crippen LogP contribution < -0.4 is 5.32 Å². The zero-order valence-corrected chi connectivity index (χ0v) is 11.8. The SMILES string of the molecule is CCCNCC1CCC(CC)CC1c1ccoc1.